The molecule has 7 heteroatoms. The number of benzene rings is 2. The third kappa shape index (κ3) is 5.58. The van der Waals surface area contributed by atoms with Gasteiger partial charge in [-0.15, -0.1) is 11.8 Å². The molecule has 2 N–H and O–H groups in total. The molecule has 0 aliphatic carbocycles. The van der Waals surface area contributed by atoms with E-state index < -0.39 is 5.82 Å². The zero-order valence-corrected chi connectivity index (χ0v) is 13.8. The van der Waals surface area contributed by atoms with Crippen LogP contribution in [0.3, 0.4) is 0 Å². The Morgan fingerprint density at radius 3 is 2.43 bits per heavy atom. The zero-order valence-electron chi connectivity index (χ0n) is 12.2. The fourth-order valence-electron chi connectivity index (χ4n) is 1.76. The van der Waals surface area contributed by atoms with Gasteiger partial charge in [0.05, 0.1) is 16.5 Å². The zero-order chi connectivity index (χ0) is 16.8. The van der Waals surface area contributed by atoms with Crippen LogP contribution >= 0.6 is 23.4 Å². The molecule has 120 valence electrons. The predicted molar refractivity (Wildman–Crippen MR) is 91.5 cm³/mol. The van der Waals surface area contributed by atoms with Crippen molar-refractivity contribution in [1.82, 2.24) is 0 Å². The van der Waals surface area contributed by atoms with Crippen LogP contribution in [0, 0.1) is 5.82 Å². The molecule has 0 aliphatic rings. The van der Waals surface area contributed by atoms with Crippen molar-refractivity contribution in [3.8, 4) is 0 Å². The minimum Gasteiger partial charge on any atom is -0.326 e. The average Bonchev–Trinajstić information content (AvgIpc) is 2.49. The number of hydrogen-bond acceptors (Lipinski definition) is 3. The van der Waals surface area contributed by atoms with E-state index in [9.17, 15) is 14.0 Å². The molecule has 0 saturated heterocycles. The molecular formula is C16H14ClFN2O2S. The van der Waals surface area contributed by atoms with Crippen LogP contribution in [0.5, 0.6) is 0 Å². The van der Waals surface area contributed by atoms with Crippen molar-refractivity contribution in [1.29, 1.82) is 0 Å². The lowest BCUT2D eigenvalue weighted by Gasteiger charge is -2.07. The van der Waals surface area contributed by atoms with E-state index in [1.807, 2.05) is 12.1 Å². The van der Waals surface area contributed by atoms with Crippen LogP contribution in [-0.2, 0) is 9.59 Å². The molecule has 2 aromatic carbocycles. The Morgan fingerprint density at radius 1 is 1.13 bits per heavy atom. The standard InChI is InChI=1S/C16H14ClFN2O2S/c1-10(21)19-12-3-5-13(6-4-12)23-9-16(22)20-15-7-2-11(18)8-14(15)17/h2-8H,9H2,1H3,(H,19,21)(H,20,22). The molecule has 2 aromatic rings. The maximum absolute atomic E-state index is 12.9. The molecule has 4 nitrogen and oxygen atoms in total. The first kappa shape index (κ1) is 17.3. The highest BCUT2D eigenvalue weighted by Gasteiger charge is 2.07. The van der Waals surface area contributed by atoms with Gasteiger partial charge < -0.3 is 10.6 Å². The average molecular weight is 353 g/mol. The van der Waals surface area contributed by atoms with Crippen LogP contribution in [0.1, 0.15) is 6.92 Å². The second-order valence-corrected chi connectivity index (χ2v) is 6.12. The van der Waals surface area contributed by atoms with Crippen molar-refractivity contribution in [2.24, 2.45) is 0 Å². The van der Waals surface area contributed by atoms with Gasteiger partial charge in [0.2, 0.25) is 11.8 Å². The lowest BCUT2D eigenvalue weighted by molar-refractivity contribution is -0.114. The van der Waals surface area contributed by atoms with Crippen molar-refractivity contribution >= 4 is 46.6 Å². The van der Waals surface area contributed by atoms with E-state index in [0.717, 1.165) is 11.0 Å². The second-order valence-electron chi connectivity index (χ2n) is 4.67. The van der Waals surface area contributed by atoms with Crippen LogP contribution < -0.4 is 10.6 Å². The molecule has 0 heterocycles. The predicted octanol–water partition coefficient (Wildman–Crippen LogP) is 4.17. The number of carbonyl (C=O) groups excluding carboxylic acids is 2. The molecule has 2 amide bonds. The van der Waals surface area contributed by atoms with Gasteiger partial charge in [-0.1, -0.05) is 11.6 Å². The van der Waals surface area contributed by atoms with E-state index in [4.69, 9.17) is 11.6 Å². The van der Waals surface area contributed by atoms with Crippen LogP contribution in [0.25, 0.3) is 0 Å². The number of halogens is 2. The smallest absolute Gasteiger partial charge is 0.234 e. The molecule has 0 aliphatic heterocycles. The number of rotatable bonds is 5. The van der Waals surface area contributed by atoms with Gasteiger partial charge in [0.1, 0.15) is 5.82 Å². The summed E-state index contributed by atoms with van der Waals surface area (Å²) in [5.74, 6) is -0.648. The Kier molecular flexibility index (Phi) is 6.01. The lowest BCUT2D eigenvalue weighted by Crippen LogP contribution is -2.14. The summed E-state index contributed by atoms with van der Waals surface area (Å²) in [7, 11) is 0. The first-order valence-corrected chi connectivity index (χ1v) is 8.06. The number of thioether (sulfide) groups is 1. The number of anilines is 2. The van der Waals surface area contributed by atoms with Crippen LogP contribution in [0.2, 0.25) is 5.02 Å². The Balaban J connectivity index is 1.87. The molecule has 0 atom stereocenters. The van der Waals surface area contributed by atoms with E-state index in [1.165, 1.54) is 30.8 Å². The molecule has 0 bridgehead atoms. The lowest BCUT2D eigenvalue weighted by atomic mass is 10.3. The quantitative estimate of drug-likeness (QED) is 0.794. The van der Waals surface area contributed by atoms with Crippen LogP contribution in [0.15, 0.2) is 47.4 Å². The van der Waals surface area contributed by atoms with Gasteiger partial charge in [-0.2, -0.15) is 0 Å². The largest absolute Gasteiger partial charge is 0.326 e. The first-order valence-electron chi connectivity index (χ1n) is 6.69. The van der Waals surface area contributed by atoms with E-state index in [1.54, 1.807) is 12.1 Å². The van der Waals surface area contributed by atoms with Gasteiger partial charge in [-0.3, -0.25) is 9.59 Å². The molecule has 0 spiro atoms. The maximum Gasteiger partial charge on any atom is 0.234 e. The molecule has 23 heavy (non-hydrogen) atoms. The SMILES string of the molecule is CC(=O)Nc1ccc(SCC(=O)Nc2ccc(F)cc2Cl)cc1. The normalized spacial score (nSPS) is 10.2. The number of carbonyl (C=O) groups is 2. The molecule has 0 saturated carbocycles. The van der Waals surface area contributed by atoms with E-state index >= 15 is 0 Å². The summed E-state index contributed by atoms with van der Waals surface area (Å²) in [4.78, 5) is 23.7. The van der Waals surface area contributed by atoms with Gasteiger partial charge in [0, 0.05) is 17.5 Å². The Labute approximate surface area is 142 Å². The Hall–Kier alpha value is -2.05. The number of amides is 2. The van der Waals surface area contributed by atoms with E-state index in [0.29, 0.717) is 11.4 Å². The van der Waals surface area contributed by atoms with Gasteiger partial charge in [-0.05, 0) is 42.5 Å². The fraction of sp³-hybridized carbons (Fsp3) is 0.125. The van der Waals surface area contributed by atoms with Gasteiger partial charge in [0.15, 0.2) is 0 Å². The summed E-state index contributed by atoms with van der Waals surface area (Å²) in [5, 5.41) is 5.45. The minimum absolute atomic E-state index is 0.138. The summed E-state index contributed by atoms with van der Waals surface area (Å²) in [6, 6.07) is 10.9. The van der Waals surface area contributed by atoms with Crippen LogP contribution in [-0.4, -0.2) is 17.6 Å². The molecular weight excluding hydrogens is 339 g/mol. The number of hydrogen-bond donors (Lipinski definition) is 2. The van der Waals surface area contributed by atoms with Crippen molar-refractivity contribution in [2.75, 3.05) is 16.4 Å². The third-order valence-electron chi connectivity index (χ3n) is 2.75. The van der Waals surface area contributed by atoms with Gasteiger partial charge >= 0.3 is 0 Å². The molecule has 0 radical (unpaired) electrons. The highest BCUT2D eigenvalue weighted by molar-refractivity contribution is 8.00. The van der Waals surface area contributed by atoms with E-state index in [-0.39, 0.29) is 22.6 Å². The molecule has 0 unspecified atom stereocenters. The highest BCUT2D eigenvalue weighted by atomic mass is 35.5. The summed E-state index contributed by atoms with van der Waals surface area (Å²) >= 11 is 7.20. The fourth-order valence-corrected chi connectivity index (χ4v) is 2.68. The third-order valence-corrected chi connectivity index (χ3v) is 4.07. The molecule has 0 fully saturated rings. The van der Waals surface area contributed by atoms with E-state index in [2.05, 4.69) is 10.6 Å². The van der Waals surface area contributed by atoms with Crippen molar-refractivity contribution < 1.29 is 14.0 Å². The molecule has 0 aromatic heterocycles. The monoisotopic (exact) mass is 352 g/mol. The highest BCUT2D eigenvalue weighted by Crippen LogP contribution is 2.24. The van der Waals surface area contributed by atoms with Crippen molar-refractivity contribution in [3.05, 3.63) is 53.3 Å². The summed E-state index contributed by atoms with van der Waals surface area (Å²) in [5.41, 5.74) is 1.07. The second kappa shape index (κ2) is 7.99. The van der Waals surface area contributed by atoms with Gasteiger partial charge in [-0.25, -0.2) is 4.39 Å². The van der Waals surface area contributed by atoms with Crippen LogP contribution in [0.4, 0.5) is 15.8 Å². The number of nitrogens with one attached hydrogen (secondary N) is 2. The van der Waals surface area contributed by atoms with Gasteiger partial charge in [0.25, 0.3) is 0 Å². The minimum atomic E-state index is -0.457. The topological polar surface area (TPSA) is 58.2 Å². The first-order chi connectivity index (χ1) is 10.9. The Bertz CT molecular complexity index is 723. The molecule has 2 rings (SSSR count). The summed E-state index contributed by atoms with van der Waals surface area (Å²) in [6.45, 7) is 1.44. The Morgan fingerprint density at radius 2 is 1.83 bits per heavy atom. The summed E-state index contributed by atoms with van der Waals surface area (Å²) < 4.78 is 12.9. The summed E-state index contributed by atoms with van der Waals surface area (Å²) in [6.07, 6.45) is 0. The maximum atomic E-state index is 12.9. The van der Waals surface area contributed by atoms with Crippen molar-refractivity contribution in [3.63, 3.8) is 0 Å². The van der Waals surface area contributed by atoms with Crippen molar-refractivity contribution in [2.45, 2.75) is 11.8 Å².